The van der Waals surface area contributed by atoms with E-state index in [1.807, 2.05) is 6.92 Å². The Morgan fingerprint density at radius 1 is 1.30 bits per heavy atom. The maximum absolute atomic E-state index is 12.4. The summed E-state index contributed by atoms with van der Waals surface area (Å²) in [5.74, 6) is 0.872. The smallest absolute Gasteiger partial charge is 0.237 e. The molecule has 1 amide bonds. The van der Waals surface area contributed by atoms with Crippen LogP contribution in [0.4, 0.5) is 0 Å². The lowest BCUT2D eigenvalue weighted by molar-refractivity contribution is -0.124. The second-order valence-electron chi connectivity index (χ2n) is 7.00. The minimum atomic E-state index is -2.98. The molecular weight excluding hydrogens is 276 g/mol. The van der Waals surface area contributed by atoms with Gasteiger partial charge >= 0.3 is 0 Å². The van der Waals surface area contributed by atoms with Gasteiger partial charge in [-0.2, -0.15) is 0 Å². The number of fused-ring (bicyclic) bond motifs is 1. The van der Waals surface area contributed by atoms with Crippen LogP contribution in [0.15, 0.2) is 0 Å². The van der Waals surface area contributed by atoms with Gasteiger partial charge in [-0.1, -0.05) is 12.8 Å². The average molecular weight is 300 g/mol. The summed E-state index contributed by atoms with van der Waals surface area (Å²) in [6.07, 6.45) is 6.33. The highest BCUT2D eigenvalue weighted by Gasteiger charge is 2.43. The summed E-state index contributed by atoms with van der Waals surface area (Å²) < 4.78 is 23.2. The van der Waals surface area contributed by atoms with Crippen LogP contribution in [-0.2, 0) is 14.6 Å². The first-order valence-corrected chi connectivity index (χ1v) is 9.48. The van der Waals surface area contributed by atoms with E-state index >= 15 is 0 Å². The molecule has 2 N–H and O–H groups in total. The summed E-state index contributed by atoms with van der Waals surface area (Å²) >= 11 is 0. The number of sulfone groups is 1. The molecule has 0 aromatic rings. The van der Waals surface area contributed by atoms with Crippen LogP contribution in [0.2, 0.25) is 0 Å². The Morgan fingerprint density at radius 3 is 2.70 bits per heavy atom. The fourth-order valence-corrected chi connectivity index (χ4v) is 6.11. The molecular formula is C14H24N2O3S. The Morgan fingerprint density at radius 2 is 2.05 bits per heavy atom. The SMILES string of the molecule is CC1(NC(=O)C2CC3CCCCC3N2)CCS(=O)(=O)C1. The molecule has 1 saturated carbocycles. The predicted molar refractivity (Wildman–Crippen MR) is 77.1 cm³/mol. The largest absolute Gasteiger partial charge is 0.349 e. The first kappa shape index (κ1) is 14.3. The highest BCUT2D eigenvalue weighted by Crippen LogP contribution is 2.33. The van der Waals surface area contributed by atoms with Crippen molar-refractivity contribution >= 4 is 15.7 Å². The van der Waals surface area contributed by atoms with Gasteiger partial charge in [0.25, 0.3) is 0 Å². The summed E-state index contributed by atoms with van der Waals surface area (Å²) in [6, 6.07) is 0.350. The number of nitrogens with one attached hydrogen (secondary N) is 2. The Bertz CT molecular complexity index is 491. The van der Waals surface area contributed by atoms with Crippen LogP contribution in [0, 0.1) is 5.92 Å². The molecule has 3 aliphatic rings. The van der Waals surface area contributed by atoms with E-state index in [-0.39, 0.29) is 23.5 Å². The topological polar surface area (TPSA) is 75.3 Å². The Labute approximate surface area is 120 Å². The second kappa shape index (κ2) is 4.98. The van der Waals surface area contributed by atoms with Gasteiger partial charge in [0.1, 0.15) is 0 Å². The monoisotopic (exact) mass is 300 g/mol. The van der Waals surface area contributed by atoms with Crippen LogP contribution in [0.5, 0.6) is 0 Å². The fourth-order valence-electron chi connectivity index (χ4n) is 4.01. The average Bonchev–Trinajstić information content (AvgIpc) is 2.90. The molecule has 1 aliphatic carbocycles. The molecule has 0 radical (unpaired) electrons. The quantitative estimate of drug-likeness (QED) is 0.783. The number of rotatable bonds is 2. The van der Waals surface area contributed by atoms with Crippen LogP contribution in [0.3, 0.4) is 0 Å². The van der Waals surface area contributed by atoms with Gasteiger partial charge in [-0.05, 0) is 38.5 Å². The maximum atomic E-state index is 12.4. The molecule has 20 heavy (non-hydrogen) atoms. The van der Waals surface area contributed by atoms with Crippen molar-refractivity contribution in [2.45, 2.75) is 63.1 Å². The predicted octanol–water partition coefficient (Wildman–Crippen LogP) is 0.601. The lowest BCUT2D eigenvalue weighted by Gasteiger charge is -2.26. The summed E-state index contributed by atoms with van der Waals surface area (Å²) in [5, 5.41) is 6.42. The van der Waals surface area contributed by atoms with Gasteiger partial charge in [0.15, 0.2) is 9.84 Å². The van der Waals surface area contributed by atoms with E-state index < -0.39 is 15.4 Å². The first-order valence-electron chi connectivity index (χ1n) is 7.65. The van der Waals surface area contributed by atoms with Crippen molar-refractivity contribution < 1.29 is 13.2 Å². The van der Waals surface area contributed by atoms with Crippen molar-refractivity contribution in [2.75, 3.05) is 11.5 Å². The van der Waals surface area contributed by atoms with Gasteiger partial charge in [0.05, 0.1) is 23.1 Å². The Balaban J connectivity index is 1.60. The van der Waals surface area contributed by atoms with Gasteiger partial charge in [-0.3, -0.25) is 4.79 Å². The number of amides is 1. The molecule has 0 bridgehead atoms. The zero-order chi connectivity index (χ0) is 14.4. The molecule has 0 aromatic heterocycles. The summed E-state index contributed by atoms with van der Waals surface area (Å²) in [6.45, 7) is 1.84. The lowest BCUT2D eigenvalue weighted by atomic mass is 9.85. The van der Waals surface area contributed by atoms with Crippen LogP contribution >= 0.6 is 0 Å². The van der Waals surface area contributed by atoms with E-state index in [1.54, 1.807) is 0 Å². The summed E-state index contributed by atoms with van der Waals surface area (Å²) in [5.41, 5.74) is -0.578. The molecule has 5 nitrogen and oxygen atoms in total. The second-order valence-corrected chi connectivity index (χ2v) is 9.18. The van der Waals surface area contributed by atoms with Gasteiger partial charge in [0.2, 0.25) is 5.91 Å². The van der Waals surface area contributed by atoms with Crippen molar-refractivity contribution in [3.05, 3.63) is 0 Å². The molecule has 2 aliphatic heterocycles. The highest BCUT2D eigenvalue weighted by molar-refractivity contribution is 7.91. The number of hydrogen-bond donors (Lipinski definition) is 2. The van der Waals surface area contributed by atoms with E-state index in [2.05, 4.69) is 10.6 Å². The number of carbonyl (C=O) groups is 1. The van der Waals surface area contributed by atoms with Crippen LogP contribution < -0.4 is 10.6 Å². The lowest BCUT2D eigenvalue weighted by Crippen LogP contribution is -2.53. The number of carbonyl (C=O) groups excluding carboxylic acids is 1. The third kappa shape index (κ3) is 2.86. The minimum absolute atomic E-state index is 0.0148. The molecule has 4 atom stereocenters. The summed E-state index contributed by atoms with van der Waals surface area (Å²) in [7, 11) is -2.98. The van der Waals surface area contributed by atoms with E-state index in [9.17, 15) is 13.2 Å². The van der Waals surface area contributed by atoms with Gasteiger partial charge in [0, 0.05) is 6.04 Å². The van der Waals surface area contributed by atoms with Crippen molar-refractivity contribution in [3.63, 3.8) is 0 Å². The molecule has 4 unspecified atom stereocenters. The molecule has 0 aromatic carbocycles. The zero-order valence-electron chi connectivity index (χ0n) is 12.0. The zero-order valence-corrected chi connectivity index (χ0v) is 12.8. The van der Waals surface area contributed by atoms with E-state index in [4.69, 9.17) is 0 Å². The van der Waals surface area contributed by atoms with Gasteiger partial charge in [-0.15, -0.1) is 0 Å². The van der Waals surface area contributed by atoms with Crippen LogP contribution in [-0.4, -0.2) is 43.5 Å². The van der Waals surface area contributed by atoms with Crippen molar-refractivity contribution in [1.82, 2.24) is 10.6 Å². The Kier molecular flexibility index (Phi) is 3.57. The fraction of sp³-hybridized carbons (Fsp3) is 0.929. The van der Waals surface area contributed by atoms with Gasteiger partial charge in [-0.25, -0.2) is 8.42 Å². The molecule has 3 rings (SSSR count). The van der Waals surface area contributed by atoms with Crippen molar-refractivity contribution in [3.8, 4) is 0 Å². The standard InChI is InChI=1S/C14H24N2O3S/c1-14(6-7-20(18,19)9-14)16-13(17)12-8-10-4-2-3-5-11(10)15-12/h10-12,15H,2-9H2,1H3,(H,16,17). The molecule has 114 valence electrons. The van der Waals surface area contributed by atoms with Crippen LogP contribution in [0.1, 0.15) is 45.4 Å². The van der Waals surface area contributed by atoms with Crippen molar-refractivity contribution in [1.29, 1.82) is 0 Å². The molecule has 2 heterocycles. The first-order chi connectivity index (χ1) is 9.37. The van der Waals surface area contributed by atoms with Crippen molar-refractivity contribution in [2.24, 2.45) is 5.92 Å². The highest BCUT2D eigenvalue weighted by atomic mass is 32.2. The minimum Gasteiger partial charge on any atom is -0.349 e. The normalized spacial score (nSPS) is 43.1. The molecule has 6 heteroatoms. The maximum Gasteiger partial charge on any atom is 0.237 e. The molecule has 3 fully saturated rings. The summed E-state index contributed by atoms with van der Waals surface area (Å²) in [4.78, 5) is 12.4. The van der Waals surface area contributed by atoms with E-state index in [0.717, 1.165) is 6.42 Å². The molecule has 2 saturated heterocycles. The van der Waals surface area contributed by atoms with Gasteiger partial charge < -0.3 is 10.6 Å². The number of hydrogen-bond acceptors (Lipinski definition) is 4. The Hall–Kier alpha value is -0.620. The van der Waals surface area contributed by atoms with Crippen LogP contribution in [0.25, 0.3) is 0 Å². The van der Waals surface area contributed by atoms with E-state index in [1.165, 1.54) is 25.7 Å². The third-order valence-corrected chi connectivity index (χ3v) is 7.01. The molecule has 0 spiro atoms. The third-order valence-electron chi connectivity index (χ3n) is 5.11. The van der Waals surface area contributed by atoms with E-state index in [0.29, 0.717) is 18.4 Å².